The Morgan fingerprint density at radius 3 is 2.58 bits per heavy atom. The first-order valence-electron chi connectivity index (χ1n) is 8.62. The van der Waals surface area contributed by atoms with Crippen molar-refractivity contribution < 1.29 is 14.8 Å². The fourth-order valence-electron chi connectivity index (χ4n) is 4.08. The molecule has 0 bridgehead atoms. The maximum Gasteiger partial charge on any atom is 0.273 e. The minimum atomic E-state index is -0.422. The van der Waals surface area contributed by atoms with E-state index < -0.39 is 4.92 Å². The molecule has 2 N–H and O–H groups in total. The molecule has 1 saturated heterocycles. The number of nitrogens with zero attached hydrogens (tertiary/aromatic N) is 2. The molecule has 1 aliphatic carbocycles. The van der Waals surface area contributed by atoms with Crippen LogP contribution < -0.4 is 10.1 Å². The van der Waals surface area contributed by atoms with Gasteiger partial charge in [-0.3, -0.25) is 15.0 Å². The van der Waals surface area contributed by atoms with Gasteiger partial charge in [0, 0.05) is 43.9 Å². The Balaban J connectivity index is 2.05. The van der Waals surface area contributed by atoms with Gasteiger partial charge in [0.15, 0.2) is 11.5 Å². The Kier molecular flexibility index (Phi) is 5.20. The molecule has 24 heavy (non-hydrogen) atoms. The predicted octanol–water partition coefficient (Wildman–Crippen LogP) is 2.45. The van der Waals surface area contributed by atoms with Crippen LogP contribution in [0.5, 0.6) is 11.5 Å². The molecule has 1 aromatic carbocycles. The molecular weight excluding hydrogens is 310 g/mol. The third-order valence-electron chi connectivity index (χ3n) is 5.23. The summed E-state index contributed by atoms with van der Waals surface area (Å²) < 4.78 is 5.19. The summed E-state index contributed by atoms with van der Waals surface area (Å²) in [4.78, 5) is 13.2. The summed E-state index contributed by atoms with van der Waals surface area (Å²) in [6.45, 7) is 3.56. The number of phenolic OH excluding ortho intramolecular Hbond substituents is 1. The summed E-state index contributed by atoms with van der Waals surface area (Å²) in [5.41, 5.74) is 0.604. The van der Waals surface area contributed by atoms with Gasteiger partial charge in [-0.2, -0.15) is 0 Å². The predicted molar refractivity (Wildman–Crippen MR) is 90.5 cm³/mol. The molecule has 0 spiro atoms. The van der Waals surface area contributed by atoms with Crippen LogP contribution in [0.2, 0.25) is 0 Å². The van der Waals surface area contributed by atoms with Crippen LogP contribution in [0.1, 0.15) is 37.3 Å². The largest absolute Gasteiger partial charge is 0.504 e. The summed E-state index contributed by atoms with van der Waals surface area (Å²) in [6, 6.07) is 2.83. The molecule has 3 rings (SSSR count). The number of non-ortho nitro benzene ring substituents is 1. The van der Waals surface area contributed by atoms with E-state index in [1.54, 1.807) is 0 Å². The highest BCUT2D eigenvalue weighted by molar-refractivity contribution is 5.55. The summed E-state index contributed by atoms with van der Waals surface area (Å²) in [6.07, 6.45) is 4.55. The van der Waals surface area contributed by atoms with E-state index in [0.717, 1.165) is 39.0 Å². The number of hydrogen-bond donors (Lipinski definition) is 2. The van der Waals surface area contributed by atoms with Gasteiger partial charge < -0.3 is 15.2 Å². The SMILES string of the molecule is COc1cc([N+](=O)[O-])cc([C@@H](C2CCCC2)N2CCNCC2)c1O. The smallest absolute Gasteiger partial charge is 0.273 e. The molecule has 1 heterocycles. The van der Waals surface area contributed by atoms with Crippen LogP contribution in [0, 0.1) is 16.0 Å². The first-order valence-corrected chi connectivity index (χ1v) is 8.62. The minimum absolute atomic E-state index is 0.00315. The lowest BCUT2D eigenvalue weighted by Crippen LogP contribution is -2.46. The van der Waals surface area contributed by atoms with Gasteiger partial charge in [0.05, 0.1) is 18.1 Å². The van der Waals surface area contributed by atoms with E-state index in [4.69, 9.17) is 4.74 Å². The summed E-state index contributed by atoms with van der Waals surface area (Å²) in [5.74, 6) is 0.636. The summed E-state index contributed by atoms with van der Waals surface area (Å²) in [5, 5.41) is 25.3. The van der Waals surface area contributed by atoms with Crippen molar-refractivity contribution in [2.24, 2.45) is 5.92 Å². The molecule has 0 amide bonds. The molecule has 7 nitrogen and oxygen atoms in total. The number of nitrogens with one attached hydrogen (secondary N) is 1. The van der Waals surface area contributed by atoms with E-state index in [2.05, 4.69) is 10.2 Å². The lowest BCUT2D eigenvalue weighted by molar-refractivity contribution is -0.385. The molecule has 2 fully saturated rings. The van der Waals surface area contributed by atoms with Crippen LogP contribution in [0.3, 0.4) is 0 Å². The molecule has 1 atom stereocenters. The molecule has 0 radical (unpaired) electrons. The van der Waals surface area contributed by atoms with Crippen molar-refractivity contribution in [2.45, 2.75) is 31.7 Å². The molecule has 132 valence electrons. The van der Waals surface area contributed by atoms with E-state index in [1.165, 1.54) is 32.1 Å². The first-order chi connectivity index (χ1) is 11.6. The second-order valence-electron chi connectivity index (χ2n) is 6.62. The zero-order chi connectivity index (χ0) is 17.1. The fourth-order valence-corrected chi connectivity index (χ4v) is 4.08. The molecular formula is C17H25N3O4. The van der Waals surface area contributed by atoms with Gasteiger partial charge in [0.2, 0.25) is 0 Å². The fraction of sp³-hybridized carbons (Fsp3) is 0.647. The van der Waals surface area contributed by atoms with E-state index in [0.29, 0.717) is 11.5 Å². The van der Waals surface area contributed by atoms with Crippen LogP contribution in [0.15, 0.2) is 12.1 Å². The van der Waals surface area contributed by atoms with Crippen LogP contribution in [-0.4, -0.2) is 48.2 Å². The van der Waals surface area contributed by atoms with Gasteiger partial charge in [-0.15, -0.1) is 0 Å². The maximum absolute atomic E-state index is 11.3. The second-order valence-corrected chi connectivity index (χ2v) is 6.62. The number of nitro benzene ring substituents is 1. The Bertz CT molecular complexity index is 596. The van der Waals surface area contributed by atoms with E-state index in [-0.39, 0.29) is 23.2 Å². The molecule has 1 aromatic rings. The van der Waals surface area contributed by atoms with Gasteiger partial charge in [-0.1, -0.05) is 12.8 Å². The van der Waals surface area contributed by atoms with Crippen molar-refractivity contribution in [3.8, 4) is 11.5 Å². The Hall–Kier alpha value is -1.86. The Morgan fingerprint density at radius 1 is 1.33 bits per heavy atom. The van der Waals surface area contributed by atoms with Crippen LogP contribution in [-0.2, 0) is 0 Å². The van der Waals surface area contributed by atoms with Crippen molar-refractivity contribution in [2.75, 3.05) is 33.3 Å². The van der Waals surface area contributed by atoms with Crippen molar-refractivity contribution in [3.05, 3.63) is 27.8 Å². The van der Waals surface area contributed by atoms with Gasteiger partial charge >= 0.3 is 0 Å². The number of aromatic hydroxyl groups is 1. The number of hydrogen-bond acceptors (Lipinski definition) is 6. The highest BCUT2D eigenvalue weighted by atomic mass is 16.6. The van der Waals surface area contributed by atoms with Crippen LogP contribution >= 0.6 is 0 Å². The molecule has 0 unspecified atom stereocenters. The zero-order valence-electron chi connectivity index (χ0n) is 14.0. The number of methoxy groups -OCH3 is 1. The van der Waals surface area contributed by atoms with Crippen molar-refractivity contribution in [1.29, 1.82) is 0 Å². The monoisotopic (exact) mass is 335 g/mol. The van der Waals surface area contributed by atoms with Crippen molar-refractivity contribution in [1.82, 2.24) is 10.2 Å². The number of piperazine rings is 1. The second kappa shape index (κ2) is 7.36. The molecule has 1 saturated carbocycles. The highest BCUT2D eigenvalue weighted by Crippen LogP contribution is 2.46. The van der Waals surface area contributed by atoms with Gasteiger partial charge in [0.1, 0.15) is 0 Å². The zero-order valence-corrected chi connectivity index (χ0v) is 14.0. The normalized spacial score (nSPS) is 20.9. The number of benzene rings is 1. The molecule has 2 aliphatic rings. The topological polar surface area (TPSA) is 87.9 Å². The van der Waals surface area contributed by atoms with Gasteiger partial charge in [0.25, 0.3) is 5.69 Å². The average Bonchev–Trinajstić information content (AvgIpc) is 3.11. The third kappa shape index (κ3) is 3.32. The van der Waals surface area contributed by atoms with E-state index in [9.17, 15) is 15.2 Å². The summed E-state index contributed by atoms with van der Waals surface area (Å²) in [7, 11) is 1.43. The average molecular weight is 335 g/mol. The van der Waals surface area contributed by atoms with Crippen LogP contribution in [0.4, 0.5) is 5.69 Å². The number of ether oxygens (including phenoxy) is 1. The standard InChI is InChI=1S/C17H25N3O4/c1-24-15-11-13(20(22)23)10-14(17(15)21)16(12-4-2-3-5-12)19-8-6-18-7-9-19/h10-12,16,18,21H,2-9H2,1H3/t16-/m1/s1. The molecule has 1 aliphatic heterocycles. The van der Waals surface area contributed by atoms with Gasteiger partial charge in [-0.05, 0) is 18.8 Å². The quantitative estimate of drug-likeness (QED) is 0.635. The highest BCUT2D eigenvalue weighted by Gasteiger charge is 2.35. The maximum atomic E-state index is 11.3. The van der Waals surface area contributed by atoms with E-state index in [1.807, 2.05) is 0 Å². The minimum Gasteiger partial charge on any atom is -0.504 e. The number of rotatable bonds is 5. The number of phenols is 1. The number of nitro groups is 1. The molecule has 0 aromatic heterocycles. The third-order valence-corrected chi connectivity index (χ3v) is 5.23. The van der Waals surface area contributed by atoms with Gasteiger partial charge in [-0.25, -0.2) is 0 Å². The van der Waals surface area contributed by atoms with E-state index >= 15 is 0 Å². The first kappa shape index (κ1) is 17.0. The van der Waals surface area contributed by atoms with Crippen LogP contribution in [0.25, 0.3) is 0 Å². The lowest BCUT2D eigenvalue weighted by atomic mass is 9.88. The summed E-state index contributed by atoms with van der Waals surface area (Å²) >= 11 is 0. The Labute approximate surface area is 141 Å². The molecule has 7 heteroatoms. The van der Waals surface area contributed by atoms with Crippen molar-refractivity contribution in [3.63, 3.8) is 0 Å². The van der Waals surface area contributed by atoms with Crippen molar-refractivity contribution >= 4 is 5.69 Å². The Morgan fingerprint density at radius 2 is 2.00 bits per heavy atom. The lowest BCUT2D eigenvalue weighted by Gasteiger charge is -2.38.